The summed E-state index contributed by atoms with van der Waals surface area (Å²) in [5, 5.41) is 4.33. The number of benzene rings is 2. The van der Waals surface area contributed by atoms with E-state index in [1.165, 1.54) is 6.07 Å². The van der Waals surface area contributed by atoms with Crippen molar-refractivity contribution in [2.45, 2.75) is 6.42 Å². The molecule has 0 saturated heterocycles. The Hall–Kier alpha value is -3.32. The second-order valence-electron chi connectivity index (χ2n) is 6.35. The summed E-state index contributed by atoms with van der Waals surface area (Å²) in [6, 6.07) is 16.1. The summed E-state index contributed by atoms with van der Waals surface area (Å²) in [4.78, 5) is 24.6. The molecule has 1 aliphatic rings. The van der Waals surface area contributed by atoms with Crippen molar-refractivity contribution in [1.29, 1.82) is 0 Å². The lowest BCUT2D eigenvalue weighted by atomic mass is 9.96. The van der Waals surface area contributed by atoms with Gasteiger partial charge in [0.2, 0.25) is 5.91 Å². The Labute approximate surface area is 165 Å². The average molecular weight is 398 g/mol. The number of carbonyl (C=O) groups excluding carboxylic acids is 2. The van der Waals surface area contributed by atoms with Gasteiger partial charge in [0.25, 0.3) is 5.91 Å². The van der Waals surface area contributed by atoms with Gasteiger partial charge in [-0.25, -0.2) is 0 Å². The first kappa shape index (κ1) is 18.1. The van der Waals surface area contributed by atoms with E-state index in [0.717, 1.165) is 11.1 Å². The first-order valence-electron chi connectivity index (χ1n) is 8.64. The topological polar surface area (TPSA) is 93.5 Å². The molecule has 28 heavy (non-hydrogen) atoms. The molecule has 0 fully saturated rings. The predicted octanol–water partition coefficient (Wildman–Crippen LogP) is 3.01. The molecule has 1 aromatic heterocycles. The van der Waals surface area contributed by atoms with Crippen LogP contribution in [0.2, 0.25) is 5.02 Å². The van der Waals surface area contributed by atoms with Crippen LogP contribution in [0.1, 0.15) is 16.1 Å². The number of nitrogens with one attached hydrogen (secondary N) is 2. The van der Waals surface area contributed by atoms with Crippen molar-refractivity contribution in [2.75, 3.05) is 6.61 Å². The molecule has 0 aliphatic carbocycles. The second-order valence-corrected chi connectivity index (χ2v) is 6.79. The van der Waals surface area contributed by atoms with Crippen LogP contribution in [0.4, 0.5) is 0 Å². The van der Waals surface area contributed by atoms with Crippen molar-refractivity contribution < 1.29 is 18.8 Å². The number of hydrogen-bond donors (Lipinski definition) is 2. The number of rotatable bonds is 3. The van der Waals surface area contributed by atoms with Crippen LogP contribution in [0, 0.1) is 5.92 Å². The average Bonchev–Trinajstić information content (AvgIpc) is 3.22. The summed E-state index contributed by atoms with van der Waals surface area (Å²) >= 11 is 5.99. The van der Waals surface area contributed by atoms with Crippen molar-refractivity contribution >= 4 is 23.4 Å². The maximum absolute atomic E-state index is 12.4. The highest BCUT2D eigenvalue weighted by Gasteiger charge is 2.27. The smallest absolute Gasteiger partial charge is 0.291 e. The molecule has 3 aromatic rings. The third-order valence-electron chi connectivity index (χ3n) is 4.40. The predicted molar refractivity (Wildman–Crippen MR) is 102 cm³/mol. The van der Waals surface area contributed by atoms with E-state index in [4.69, 9.17) is 20.9 Å². The largest absolute Gasteiger partial charge is 0.492 e. The van der Waals surface area contributed by atoms with Gasteiger partial charge < -0.3 is 9.26 Å². The number of aromatic nitrogens is 1. The number of carbonyl (C=O) groups is 2. The minimum Gasteiger partial charge on any atom is -0.492 e. The summed E-state index contributed by atoms with van der Waals surface area (Å²) in [7, 11) is 0. The van der Waals surface area contributed by atoms with Crippen LogP contribution in [-0.4, -0.2) is 23.6 Å². The molecule has 4 rings (SSSR count). The fourth-order valence-corrected chi connectivity index (χ4v) is 3.13. The molecular formula is C20H16ClN3O4. The van der Waals surface area contributed by atoms with Crippen molar-refractivity contribution in [1.82, 2.24) is 16.0 Å². The van der Waals surface area contributed by atoms with Gasteiger partial charge in [-0.3, -0.25) is 20.4 Å². The van der Waals surface area contributed by atoms with Gasteiger partial charge in [0, 0.05) is 16.7 Å². The zero-order valence-electron chi connectivity index (χ0n) is 14.6. The fourth-order valence-electron chi connectivity index (χ4n) is 2.94. The molecular weight excluding hydrogens is 382 g/mol. The van der Waals surface area contributed by atoms with E-state index in [0.29, 0.717) is 23.0 Å². The number of fused-ring (bicyclic) bond motifs is 1. The number of halogens is 1. The lowest BCUT2D eigenvalue weighted by Crippen LogP contribution is -2.47. The van der Waals surface area contributed by atoms with Gasteiger partial charge in [-0.15, -0.1) is 0 Å². The Morgan fingerprint density at radius 2 is 1.89 bits per heavy atom. The first-order chi connectivity index (χ1) is 13.6. The third-order valence-corrected chi connectivity index (χ3v) is 4.64. The Bertz CT molecular complexity index is 1020. The van der Waals surface area contributed by atoms with Crippen molar-refractivity contribution in [3.63, 3.8) is 0 Å². The molecule has 0 unspecified atom stereocenters. The Morgan fingerprint density at radius 3 is 2.71 bits per heavy atom. The number of amides is 2. The zero-order chi connectivity index (χ0) is 19.5. The van der Waals surface area contributed by atoms with Crippen LogP contribution >= 0.6 is 11.6 Å². The van der Waals surface area contributed by atoms with Gasteiger partial charge in [-0.2, -0.15) is 0 Å². The first-order valence-corrected chi connectivity index (χ1v) is 9.01. The fraction of sp³-hybridized carbons (Fsp3) is 0.150. The number of ether oxygens (including phenoxy) is 1. The van der Waals surface area contributed by atoms with E-state index in [-0.39, 0.29) is 18.2 Å². The Kier molecular flexibility index (Phi) is 4.99. The molecule has 0 radical (unpaired) electrons. The van der Waals surface area contributed by atoms with Crippen LogP contribution in [0.25, 0.3) is 11.3 Å². The molecule has 1 atom stereocenters. The molecule has 2 N–H and O–H groups in total. The van der Waals surface area contributed by atoms with Gasteiger partial charge in [-0.1, -0.05) is 47.1 Å². The van der Waals surface area contributed by atoms with Gasteiger partial charge in [0.15, 0.2) is 11.5 Å². The Morgan fingerprint density at radius 1 is 1.07 bits per heavy atom. The van der Waals surface area contributed by atoms with Gasteiger partial charge in [0.05, 0.1) is 5.92 Å². The summed E-state index contributed by atoms with van der Waals surface area (Å²) in [6.07, 6.45) is 0.472. The van der Waals surface area contributed by atoms with Crippen molar-refractivity contribution in [3.8, 4) is 17.1 Å². The van der Waals surface area contributed by atoms with Crippen LogP contribution in [0.15, 0.2) is 59.1 Å². The highest BCUT2D eigenvalue weighted by Crippen LogP contribution is 2.29. The molecule has 2 heterocycles. The maximum atomic E-state index is 12.4. The number of hydrogen-bond acceptors (Lipinski definition) is 5. The highest BCUT2D eigenvalue weighted by atomic mass is 35.5. The molecule has 8 heteroatoms. The molecule has 7 nitrogen and oxygen atoms in total. The third kappa shape index (κ3) is 3.84. The van der Waals surface area contributed by atoms with Crippen LogP contribution in [-0.2, 0) is 11.2 Å². The lowest BCUT2D eigenvalue weighted by molar-refractivity contribution is -0.127. The second kappa shape index (κ2) is 7.74. The summed E-state index contributed by atoms with van der Waals surface area (Å²) < 4.78 is 10.8. The van der Waals surface area contributed by atoms with Crippen LogP contribution in [0.5, 0.6) is 5.75 Å². The summed E-state index contributed by atoms with van der Waals surface area (Å²) in [5.41, 5.74) is 6.49. The van der Waals surface area contributed by atoms with E-state index in [1.807, 2.05) is 30.3 Å². The zero-order valence-corrected chi connectivity index (χ0v) is 15.4. The quantitative estimate of drug-likeness (QED) is 0.662. The minimum atomic E-state index is -0.570. The summed E-state index contributed by atoms with van der Waals surface area (Å²) in [6.45, 7) is 0.221. The minimum absolute atomic E-state index is 0.0659. The lowest BCUT2D eigenvalue weighted by Gasteiger charge is -2.24. The van der Waals surface area contributed by atoms with E-state index in [1.54, 1.807) is 18.2 Å². The van der Waals surface area contributed by atoms with E-state index in [9.17, 15) is 9.59 Å². The van der Waals surface area contributed by atoms with E-state index < -0.39 is 11.8 Å². The SMILES string of the molecule is O=C(NNC(=O)[C@H]1COc2ccc(Cl)cc2C1)c1cc(-c2ccccc2)on1. The van der Waals surface area contributed by atoms with Crippen LogP contribution in [0.3, 0.4) is 0 Å². The van der Waals surface area contributed by atoms with E-state index in [2.05, 4.69) is 16.0 Å². The molecule has 142 valence electrons. The molecule has 0 bridgehead atoms. The number of nitrogens with zero attached hydrogens (tertiary/aromatic N) is 1. The normalized spacial score (nSPS) is 15.2. The Balaban J connectivity index is 1.35. The molecule has 2 amide bonds. The standard InChI is InChI=1S/C20H16ClN3O4/c21-15-6-7-17-13(9-15)8-14(11-27-17)19(25)22-23-20(26)16-10-18(28-24-16)12-4-2-1-3-5-12/h1-7,9-10,14H,8,11H2,(H,22,25)(H,23,26)/t14-/m1/s1. The van der Waals surface area contributed by atoms with Crippen molar-refractivity contribution in [3.05, 3.63) is 70.9 Å². The number of hydrazine groups is 1. The maximum Gasteiger partial charge on any atom is 0.291 e. The van der Waals surface area contributed by atoms with Gasteiger partial charge in [0.1, 0.15) is 12.4 Å². The monoisotopic (exact) mass is 397 g/mol. The van der Waals surface area contributed by atoms with Gasteiger partial charge >= 0.3 is 0 Å². The van der Waals surface area contributed by atoms with Gasteiger partial charge in [-0.05, 0) is 30.2 Å². The molecule has 0 spiro atoms. The summed E-state index contributed by atoms with van der Waals surface area (Å²) in [5.74, 6) is -0.187. The van der Waals surface area contributed by atoms with Crippen LogP contribution < -0.4 is 15.6 Å². The molecule has 2 aromatic carbocycles. The molecule has 1 aliphatic heterocycles. The highest BCUT2D eigenvalue weighted by molar-refractivity contribution is 6.30. The molecule has 0 saturated carbocycles. The van der Waals surface area contributed by atoms with E-state index >= 15 is 0 Å². The van der Waals surface area contributed by atoms with Crippen molar-refractivity contribution in [2.24, 2.45) is 5.92 Å².